The minimum atomic E-state index is -1.06. The summed E-state index contributed by atoms with van der Waals surface area (Å²) in [5, 5.41) is 6.63. The average molecular weight is 477 g/mol. The summed E-state index contributed by atoms with van der Waals surface area (Å²) >= 11 is 2.22. The van der Waals surface area contributed by atoms with Gasteiger partial charge in [-0.15, -0.1) is 0 Å². The van der Waals surface area contributed by atoms with Crippen LogP contribution in [0.4, 0.5) is 0 Å². The Bertz CT molecular complexity index is 743. The van der Waals surface area contributed by atoms with Crippen LogP contribution in [0.1, 0.15) is 10.4 Å². The number of rotatable bonds is 4. The van der Waals surface area contributed by atoms with Gasteiger partial charge in [-0.3, -0.25) is 4.79 Å². The van der Waals surface area contributed by atoms with E-state index in [2.05, 4.69) is 93.7 Å². The molecule has 0 heterocycles. The molecule has 3 aromatic carbocycles. The molecule has 0 saturated carbocycles. The molecule has 2 nitrogen and oxygen atoms in total. The van der Waals surface area contributed by atoms with Gasteiger partial charge in [0.15, 0.2) is 0 Å². The maximum absolute atomic E-state index is 11.7. The molecule has 3 rings (SSSR count). The van der Waals surface area contributed by atoms with Crippen molar-refractivity contribution in [1.29, 1.82) is 0 Å². The van der Waals surface area contributed by atoms with Crippen LogP contribution in [-0.4, -0.2) is 13.0 Å². The van der Waals surface area contributed by atoms with Crippen molar-refractivity contribution in [3.8, 4) is 0 Å². The van der Waals surface area contributed by atoms with Crippen molar-refractivity contribution in [2.45, 2.75) is 0 Å². The predicted molar refractivity (Wildman–Crippen MR) is 112 cm³/mol. The van der Waals surface area contributed by atoms with Crippen molar-refractivity contribution in [1.82, 2.24) is 5.32 Å². The van der Waals surface area contributed by atoms with Crippen LogP contribution in [0.3, 0.4) is 0 Å². The van der Waals surface area contributed by atoms with Gasteiger partial charge in [0.25, 0.3) is 5.91 Å². The molecule has 1 N–H and O–H groups in total. The molecule has 5 heteroatoms. The Morgan fingerprint density at radius 2 is 1.15 bits per heavy atom. The zero-order valence-corrected chi connectivity index (χ0v) is 18.0. The SMILES string of the molecule is CNC(=O)c1ccc([PH+](c2ccccc2)c2ccccc2)cc1.[CH3-].[Cl][Pd+]. The van der Waals surface area contributed by atoms with Gasteiger partial charge in [0.2, 0.25) is 0 Å². The molecule has 0 fully saturated rings. The third-order valence-electron chi connectivity index (χ3n) is 3.79. The number of benzene rings is 3. The third-order valence-corrected chi connectivity index (χ3v) is 6.52. The molecule has 0 aromatic heterocycles. The molecule has 1 amide bonds. The van der Waals surface area contributed by atoms with Crippen LogP contribution in [-0.2, 0) is 18.2 Å². The maximum atomic E-state index is 11.7. The van der Waals surface area contributed by atoms with Crippen LogP contribution in [0.25, 0.3) is 0 Å². The second-order valence-electron chi connectivity index (χ2n) is 5.26. The van der Waals surface area contributed by atoms with E-state index in [0.717, 1.165) is 0 Å². The first-order chi connectivity index (χ1) is 12.3. The molecule has 138 valence electrons. The minimum absolute atomic E-state index is 0. The number of hydrogen-bond acceptors (Lipinski definition) is 1. The number of hydrogen-bond donors (Lipinski definition) is 1. The Morgan fingerprint density at radius 1 is 0.769 bits per heavy atom. The molecular formula is C21H22ClNOPPd+. The Kier molecular flexibility index (Phi) is 10.4. The van der Waals surface area contributed by atoms with Crippen LogP contribution in [0.2, 0.25) is 0 Å². The predicted octanol–water partition coefficient (Wildman–Crippen LogP) is 3.67. The van der Waals surface area contributed by atoms with E-state index in [-0.39, 0.29) is 13.3 Å². The average Bonchev–Trinajstić information content (AvgIpc) is 2.71. The molecule has 26 heavy (non-hydrogen) atoms. The molecule has 3 aromatic rings. The Balaban J connectivity index is 0.00000109. The van der Waals surface area contributed by atoms with Gasteiger partial charge in [0.05, 0.1) is 7.92 Å². The van der Waals surface area contributed by atoms with E-state index < -0.39 is 7.92 Å². The van der Waals surface area contributed by atoms with Crippen molar-refractivity contribution in [3.05, 3.63) is 97.9 Å². The van der Waals surface area contributed by atoms with Crippen LogP contribution in [0, 0.1) is 7.43 Å². The number of nitrogens with one attached hydrogen (secondary N) is 1. The van der Waals surface area contributed by atoms with Crippen molar-refractivity contribution >= 4 is 39.3 Å². The van der Waals surface area contributed by atoms with E-state index in [1.807, 2.05) is 24.3 Å². The Labute approximate surface area is 172 Å². The second kappa shape index (κ2) is 12.0. The van der Waals surface area contributed by atoms with Gasteiger partial charge in [0.1, 0.15) is 15.9 Å². The zero-order chi connectivity index (χ0) is 18.1. The van der Waals surface area contributed by atoms with Gasteiger partial charge < -0.3 is 12.7 Å². The normalized spacial score (nSPS) is 9.58. The monoisotopic (exact) mass is 476 g/mol. The van der Waals surface area contributed by atoms with Gasteiger partial charge in [-0.25, -0.2) is 0 Å². The van der Waals surface area contributed by atoms with E-state index in [9.17, 15) is 4.79 Å². The van der Waals surface area contributed by atoms with Crippen LogP contribution < -0.4 is 21.2 Å². The quantitative estimate of drug-likeness (QED) is 0.347. The topological polar surface area (TPSA) is 29.1 Å². The summed E-state index contributed by atoms with van der Waals surface area (Å²) in [6.07, 6.45) is 0. The molecule has 0 unspecified atom stereocenters. The number of carbonyl (C=O) groups is 1. The fourth-order valence-corrected chi connectivity index (χ4v) is 5.19. The number of carbonyl (C=O) groups excluding carboxylic acids is 1. The summed E-state index contributed by atoms with van der Waals surface area (Å²) in [7, 11) is 5.08. The summed E-state index contributed by atoms with van der Waals surface area (Å²) in [4.78, 5) is 11.7. The number of halogens is 1. The first-order valence-corrected chi connectivity index (χ1v) is 11.2. The molecular weight excluding hydrogens is 455 g/mol. The zero-order valence-electron chi connectivity index (χ0n) is 14.7. The van der Waals surface area contributed by atoms with E-state index in [0.29, 0.717) is 5.56 Å². The van der Waals surface area contributed by atoms with E-state index in [1.165, 1.54) is 15.9 Å². The fourth-order valence-electron chi connectivity index (χ4n) is 2.64. The van der Waals surface area contributed by atoms with Gasteiger partial charge >= 0.3 is 27.7 Å². The van der Waals surface area contributed by atoms with Crippen molar-refractivity contribution in [2.24, 2.45) is 0 Å². The van der Waals surface area contributed by atoms with Gasteiger partial charge in [0, 0.05) is 12.6 Å². The van der Waals surface area contributed by atoms with Crippen molar-refractivity contribution in [3.63, 3.8) is 0 Å². The molecule has 0 aliphatic rings. The summed E-state index contributed by atoms with van der Waals surface area (Å²) in [6, 6.07) is 29.2. The van der Waals surface area contributed by atoms with Crippen LogP contribution in [0.15, 0.2) is 84.9 Å². The molecule has 0 bridgehead atoms. The molecule has 0 atom stereocenters. The van der Waals surface area contributed by atoms with Crippen LogP contribution in [0.5, 0.6) is 0 Å². The van der Waals surface area contributed by atoms with E-state index in [1.54, 1.807) is 7.05 Å². The van der Waals surface area contributed by atoms with Crippen molar-refractivity contribution in [2.75, 3.05) is 7.05 Å². The van der Waals surface area contributed by atoms with Gasteiger partial charge in [-0.1, -0.05) is 36.4 Å². The summed E-state index contributed by atoms with van der Waals surface area (Å²) < 4.78 is 0. The summed E-state index contributed by atoms with van der Waals surface area (Å²) in [5.74, 6) is -0.0512. The Morgan fingerprint density at radius 3 is 1.54 bits per heavy atom. The van der Waals surface area contributed by atoms with E-state index in [4.69, 9.17) is 0 Å². The number of amides is 1. The first-order valence-electron chi connectivity index (χ1n) is 7.72. The summed E-state index contributed by atoms with van der Waals surface area (Å²) in [6.45, 7) is 0. The second-order valence-corrected chi connectivity index (χ2v) is 7.75. The first kappa shape index (κ1) is 22.6. The third kappa shape index (κ3) is 5.76. The molecule has 0 spiro atoms. The summed E-state index contributed by atoms with van der Waals surface area (Å²) in [5.41, 5.74) is 0.693. The molecule has 0 radical (unpaired) electrons. The standard InChI is InChI=1S/C20H18NOP.CH3.ClH.Pd/c1-21-20(22)16-12-14-19(15-13-16)23(17-8-4-2-5-9-17)18-10-6-3-7-11-18;;;/h2-15H,1H3,(H,21,22);1H3;1H;/q;-1;;+2. The van der Waals surface area contributed by atoms with Crippen molar-refractivity contribution < 1.29 is 23.0 Å². The molecule has 0 aliphatic carbocycles. The molecule has 0 aliphatic heterocycles. The Hall–Kier alpha value is -1.49. The van der Waals surface area contributed by atoms with Gasteiger partial charge in [-0.05, 0) is 48.5 Å². The van der Waals surface area contributed by atoms with Gasteiger partial charge in [-0.2, -0.15) is 0 Å². The van der Waals surface area contributed by atoms with E-state index >= 15 is 0 Å². The fraction of sp³-hybridized carbons (Fsp3) is 0.0476. The molecule has 0 saturated heterocycles. The van der Waals surface area contributed by atoms with Crippen LogP contribution >= 0.6 is 17.5 Å².